The molecular formula is C24H25N3O5. The molecular weight excluding hydrogens is 410 g/mol. The molecule has 0 aliphatic rings. The zero-order valence-electron chi connectivity index (χ0n) is 18.5. The van der Waals surface area contributed by atoms with E-state index in [1.807, 2.05) is 6.07 Å². The van der Waals surface area contributed by atoms with Gasteiger partial charge in [0.15, 0.2) is 5.78 Å². The molecule has 8 heteroatoms. The van der Waals surface area contributed by atoms with Crippen LogP contribution in [-0.2, 0) is 11.3 Å². The van der Waals surface area contributed by atoms with Crippen molar-refractivity contribution in [2.24, 2.45) is 0 Å². The van der Waals surface area contributed by atoms with Gasteiger partial charge in [0, 0.05) is 35.8 Å². The van der Waals surface area contributed by atoms with Crippen LogP contribution in [-0.4, -0.2) is 53.3 Å². The lowest BCUT2D eigenvalue weighted by molar-refractivity contribution is 0.0593. The molecule has 1 amide bonds. The number of nitrogens with one attached hydrogen (secondary N) is 1. The number of hydrogen-bond donors (Lipinski definition) is 1. The summed E-state index contributed by atoms with van der Waals surface area (Å²) in [5, 5.41) is 0. The van der Waals surface area contributed by atoms with Crippen LogP contribution in [0.25, 0.3) is 0 Å². The highest BCUT2D eigenvalue weighted by molar-refractivity contribution is 6.05. The molecule has 3 aromatic rings. The molecule has 3 rings (SSSR count). The van der Waals surface area contributed by atoms with Crippen LogP contribution in [0.1, 0.15) is 48.0 Å². The number of ketones is 1. The van der Waals surface area contributed by atoms with Gasteiger partial charge < -0.3 is 19.4 Å². The average Bonchev–Trinajstić information content (AvgIpc) is 3.12. The van der Waals surface area contributed by atoms with Gasteiger partial charge in [-0.15, -0.1) is 0 Å². The van der Waals surface area contributed by atoms with E-state index in [2.05, 4.69) is 9.97 Å². The maximum absolute atomic E-state index is 13.3. The number of pyridine rings is 1. The second kappa shape index (κ2) is 9.91. The lowest BCUT2D eigenvalue weighted by atomic mass is 10.0. The van der Waals surface area contributed by atoms with Gasteiger partial charge in [-0.2, -0.15) is 0 Å². The minimum Gasteiger partial charge on any atom is -0.497 e. The number of aryl methyl sites for hydroxylation is 1. The summed E-state index contributed by atoms with van der Waals surface area (Å²) in [5.41, 5.74) is 2.83. The van der Waals surface area contributed by atoms with Crippen molar-refractivity contribution in [1.82, 2.24) is 14.9 Å². The molecule has 1 aromatic carbocycles. The Morgan fingerprint density at radius 1 is 1.09 bits per heavy atom. The third-order valence-electron chi connectivity index (χ3n) is 5.14. The first-order valence-electron chi connectivity index (χ1n) is 9.98. The van der Waals surface area contributed by atoms with Crippen LogP contribution in [0.3, 0.4) is 0 Å². The summed E-state index contributed by atoms with van der Waals surface area (Å²) in [6.07, 6.45) is 3.29. The Balaban J connectivity index is 1.93. The fourth-order valence-corrected chi connectivity index (χ4v) is 3.58. The van der Waals surface area contributed by atoms with Crippen LogP contribution in [0, 0.1) is 13.8 Å². The Bertz CT molecular complexity index is 1140. The fourth-order valence-electron chi connectivity index (χ4n) is 3.58. The first-order valence-corrected chi connectivity index (χ1v) is 9.98. The Labute approximate surface area is 186 Å². The van der Waals surface area contributed by atoms with Crippen LogP contribution in [0.5, 0.6) is 5.75 Å². The number of ether oxygens (including phenoxy) is 2. The summed E-state index contributed by atoms with van der Waals surface area (Å²) in [7, 11) is 2.80. The number of H-pyrrole nitrogens is 1. The van der Waals surface area contributed by atoms with Gasteiger partial charge in [-0.1, -0.05) is 12.1 Å². The summed E-state index contributed by atoms with van der Waals surface area (Å²) in [4.78, 5) is 47.1. The van der Waals surface area contributed by atoms with Gasteiger partial charge in [0.25, 0.3) is 5.91 Å². The van der Waals surface area contributed by atoms with Crippen molar-refractivity contribution in [2.75, 3.05) is 20.8 Å². The Morgan fingerprint density at radius 3 is 2.53 bits per heavy atom. The highest BCUT2D eigenvalue weighted by atomic mass is 16.5. The van der Waals surface area contributed by atoms with Crippen molar-refractivity contribution in [1.29, 1.82) is 0 Å². The normalized spacial score (nSPS) is 10.5. The molecule has 0 saturated heterocycles. The van der Waals surface area contributed by atoms with Gasteiger partial charge in [0.05, 0.1) is 20.8 Å². The number of aromatic nitrogens is 2. The number of amides is 1. The van der Waals surface area contributed by atoms with Crippen LogP contribution in [0.2, 0.25) is 0 Å². The summed E-state index contributed by atoms with van der Waals surface area (Å²) in [6.45, 7) is 3.41. The van der Waals surface area contributed by atoms with Crippen molar-refractivity contribution in [3.8, 4) is 5.75 Å². The van der Waals surface area contributed by atoms with E-state index in [1.165, 1.54) is 19.1 Å². The van der Waals surface area contributed by atoms with E-state index in [4.69, 9.17) is 9.47 Å². The van der Waals surface area contributed by atoms with E-state index in [0.29, 0.717) is 28.1 Å². The average molecular weight is 435 g/mol. The SMILES string of the molecule is COC(=O)c1[nH]c(C)c(C(=O)CN(Cc2cccnc2)C(=O)c2cccc(OC)c2)c1C. The van der Waals surface area contributed by atoms with E-state index in [9.17, 15) is 14.4 Å². The number of benzene rings is 1. The molecule has 0 unspecified atom stereocenters. The van der Waals surface area contributed by atoms with E-state index in [-0.39, 0.29) is 30.5 Å². The fraction of sp³-hybridized carbons (Fsp3) is 0.250. The molecule has 0 saturated carbocycles. The lowest BCUT2D eigenvalue weighted by Gasteiger charge is -2.22. The molecule has 0 aliphatic carbocycles. The molecule has 166 valence electrons. The van der Waals surface area contributed by atoms with Gasteiger partial charge in [-0.3, -0.25) is 14.6 Å². The molecule has 0 spiro atoms. The Kier molecular flexibility index (Phi) is 7.04. The van der Waals surface area contributed by atoms with Crippen LogP contribution < -0.4 is 4.74 Å². The molecule has 2 aromatic heterocycles. The first-order chi connectivity index (χ1) is 15.3. The maximum Gasteiger partial charge on any atom is 0.354 e. The minimum absolute atomic E-state index is 0.176. The number of hydrogen-bond acceptors (Lipinski definition) is 6. The summed E-state index contributed by atoms with van der Waals surface area (Å²) < 4.78 is 10.0. The third-order valence-corrected chi connectivity index (χ3v) is 5.14. The molecule has 0 atom stereocenters. The molecule has 0 bridgehead atoms. The second-order valence-corrected chi connectivity index (χ2v) is 7.29. The van der Waals surface area contributed by atoms with Gasteiger partial charge in [-0.25, -0.2) is 4.79 Å². The number of esters is 1. The topological polar surface area (TPSA) is 102 Å². The number of rotatable bonds is 8. The minimum atomic E-state index is -0.552. The van der Waals surface area contributed by atoms with Crippen molar-refractivity contribution in [3.63, 3.8) is 0 Å². The quantitative estimate of drug-likeness (QED) is 0.430. The maximum atomic E-state index is 13.3. The van der Waals surface area contributed by atoms with Crippen molar-refractivity contribution in [2.45, 2.75) is 20.4 Å². The zero-order chi connectivity index (χ0) is 23.3. The number of aromatic amines is 1. The van der Waals surface area contributed by atoms with Crippen LogP contribution in [0.4, 0.5) is 0 Å². The molecule has 8 nitrogen and oxygen atoms in total. The van der Waals surface area contributed by atoms with Gasteiger partial charge >= 0.3 is 5.97 Å². The molecule has 1 N–H and O–H groups in total. The van der Waals surface area contributed by atoms with Crippen molar-refractivity contribution in [3.05, 3.63) is 82.4 Å². The van der Waals surface area contributed by atoms with E-state index in [0.717, 1.165) is 5.56 Å². The standard InChI is InChI=1S/C24H25N3O5/c1-15-21(16(2)26-22(15)24(30)32-4)20(28)14-27(13-17-7-6-10-25-12-17)23(29)18-8-5-9-19(11-18)31-3/h5-12,26H,13-14H2,1-4H3. The number of carbonyl (C=O) groups excluding carboxylic acids is 3. The van der Waals surface area contributed by atoms with Gasteiger partial charge in [-0.05, 0) is 49.2 Å². The van der Waals surface area contributed by atoms with Crippen LogP contribution >= 0.6 is 0 Å². The predicted octanol–water partition coefficient (Wildman–Crippen LogP) is 3.35. The molecule has 32 heavy (non-hydrogen) atoms. The molecule has 0 radical (unpaired) electrons. The van der Waals surface area contributed by atoms with E-state index < -0.39 is 5.97 Å². The molecule has 2 heterocycles. The summed E-state index contributed by atoms with van der Waals surface area (Å²) in [5.74, 6) is -0.612. The second-order valence-electron chi connectivity index (χ2n) is 7.29. The number of carbonyl (C=O) groups is 3. The van der Waals surface area contributed by atoms with Gasteiger partial charge in [0.2, 0.25) is 0 Å². The largest absolute Gasteiger partial charge is 0.497 e. The monoisotopic (exact) mass is 435 g/mol. The van der Waals surface area contributed by atoms with Crippen molar-refractivity contribution < 1.29 is 23.9 Å². The van der Waals surface area contributed by atoms with E-state index >= 15 is 0 Å². The Hall–Kier alpha value is -3.94. The third kappa shape index (κ3) is 4.85. The van der Waals surface area contributed by atoms with Gasteiger partial charge in [0.1, 0.15) is 11.4 Å². The highest BCUT2D eigenvalue weighted by Crippen LogP contribution is 2.21. The summed E-state index contributed by atoms with van der Waals surface area (Å²) >= 11 is 0. The van der Waals surface area contributed by atoms with E-state index in [1.54, 1.807) is 56.6 Å². The lowest BCUT2D eigenvalue weighted by Crippen LogP contribution is -2.35. The zero-order valence-corrected chi connectivity index (χ0v) is 18.5. The number of nitrogens with zero attached hydrogens (tertiary/aromatic N) is 2. The molecule has 0 aliphatic heterocycles. The smallest absolute Gasteiger partial charge is 0.354 e. The highest BCUT2D eigenvalue weighted by Gasteiger charge is 2.26. The summed E-state index contributed by atoms with van der Waals surface area (Å²) in [6, 6.07) is 10.4. The predicted molar refractivity (Wildman–Crippen MR) is 118 cm³/mol. The number of methoxy groups -OCH3 is 2. The van der Waals surface area contributed by atoms with Crippen molar-refractivity contribution >= 4 is 17.7 Å². The Morgan fingerprint density at radius 2 is 1.88 bits per heavy atom. The van der Waals surface area contributed by atoms with Crippen LogP contribution in [0.15, 0.2) is 48.8 Å². The molecule has 0 fully saturated rings. The first kappa shape index (κ1) is 22.7. The number of Topliss-reactive ketones (excluding diaryl/α,β-unsaturated/α-hetero) is 1.